The summed E-state index contributed by atoms with van der Waals surface area (Å²) in [7, 11) is 0. The predicted octanol–water partition coefficient (Wildman–Crippen LogP) is 5.35. The Balaban J connectivity index is 1.10. The number of halogens is 1. The number of piperidine rings is 2. The van der Waals surface area contributed by atoms with Gasteiger partial charge in [-0.1, -0.05) is 44.2 Å². The molecular weight excluding hydrogens is 557 g/mol. The van der Waals surface area contributed by atoms with E-state index in [0.29, 0.717) is 43.6 Å². The van der Waals surface area contributed by atoms with E-state index in [-0.39, 0.29) is 23.3 Å². The van der Waals surface area contributed by atoms with Crippen molar-refractivity contribution in [2.45, 2.75) is 51.2 Å². The average Bonchev–Trinajstić information content (AvgIpc) is 3.44. The maximum Gasteiger partial charge on any atom is 0.234 e. The summed E-state index contributed by atoms with van der Waals surface area (Å²) in [6.45, 7) is 5.84. The number of amides is 2. The molecule has 2 fully saturated rings. The summed E-state index contributed by atoms with van der Waals surface area (Å²) in [5, 5.41) is 14.7. The predicted molar refractivity (Wildman–Crippen MR) is 165 cm³/mol. The fourth-order valence-electron chi connectivity index (χ4n) is 6.95. The first kappa shape index (κ1) is 28.3. The summed E-state index contributed by atoms with van der Waals surface area (Å²) in [6.07, 6.45) is 4.36. The number of rotatable bonds is 5. The third kappa shape index (κ3) is 4.76. The van der Waals surface area contributed by atoms with Crippen LogP contribution in [0.2, 0.25) is 0 Å². The lowest BCUT2D eigenvalue weighted by Crippen LogP contribution is -2.55. The lowest BCUT2D eigenvalue weighted by atomic mass is 9.66. The first-order valence-corrected chi connectivity index (χ1v) is 15.0. The number of hydrogen-bond acceptors (Lipinski definition) is 6. The number of benzene rings is 3. The number of likely N-dealkylation sites (tertiary alicyclic amines) is 1. The lowest BCUT2D eigenvalue weighted by molar-refractivity contribution is -0.134. The van der Waals surface area contributed by atoms with E-state index in [1.54, 1.807) is 24.4 Å². The summed E-state index contributed by atoms with van der Waals surface area (Å²) >= 11 is 0. The maximum atomic E-state index is 16.3. The monoisotopic (exact) mass is 591 g/mol. The Morgan fingerprint density at radius 2 is 1.82 bits per heavy atom. The molecule has 4 heterocycles. The first-order chi connectivity index (χ1) is 21.1. The molecule has 0 aliphatic carbocycles. The summed E-state index contributed by atoms with van der Waals surface area (Å²) in [4.78, 5) is 35.3. The molecule has 2 aliphatic heterocycles. The van der Waals surface area contributed by atoms with E-state index >= 15 is 4.39 Å². The maximum absolute atomic E-state index is 16.3. The zero-order valence-electron chi connectivity index (χ0n) is 24.8. The molecule has 2 saturated heterocycles. The molecule has 2 amide bonds. The van der Waals surface area contributed by atoms with E-state index in [1.165, 1.54) is 0 Å². The molecule has 5 aromatic rings. The van der Waals surface area contributed by atoms with Crippen LogP contribution in [0.1, 0.15) is 55.7 Å². The Bertz CT molecular complexity index is 1920. The van der Waals surface area contributed by atoms with Crippen molar-refractivity contribution in [2.24, 2.45) is 5.41 Å². The standard InChI is InChI=1S/C35H34FN5O3/c1-34(2)20-40(19-22-7-9-24(10-8-22)41-21-38-29-5-3-4-6-30(29)41)16-15-35(34,44)27-12-13-28-26(32(27)36)17-23(18-37-28)25-11-14-31(42)39-33(25)43/h3-10,12-13,17-18,21,25,44H,11,14-16,19-20H2,1-2H3,(H,39,42,43)/t25?,35-/m0/s1. The molecular formula is C35H34FN5O3. The van der Waals surface area contributed by atoms with Gasteiger partial charge in [-0.2, -0.15) is 0 Å². The summed E-state index contributed by atoms with van der Waals surface area (Å²) in [6, 6.07) is 21.5. The van der Waals surface area contributed by atoms with Crippen LogP contribution >= 0.6 is 0 Å². The van der Waals surface area contributed by atoms with Crippen LogP contribution in [0, 0.1) is 11.2 Å². The molecule has 2 N–H and O–H groups in total. The summed E-state index contributed by atoms with van der Waals surface area (Å²) in [5.41, 5.74) is 3.40. The van der Waals surface area contributed by atoms with Crippen LogP contribution in [0.5, 0.6) is 0 Å². The van der Waals surface area contributed by atoms with Crippen LogP contribution in [-0.4, -0.2) is 49.4 Å². The molecule has 2 aromatic heterocycles. The van der Waals surface area contributed by atoms with E-state index in [0.717, 1.165) is 22.3 Å². The van der Waals surface area contributed by atoms with Crippen LogP contribution in [0.4, 0.5) is 4.39 Å². The van der Waals surface area contributed by atoms with E-state index in [1.807, 2.05) is 38.4 Å². The fourth-order valence-corrected chi connectivity index (χ4v) is 6.95. The zero-order valence-corrected chi connectivity index (χ0v) is 24.8. The molecule has 0 spiro atoms. The number of pyridine rings is 1. The highest BCUT2D eigenvalue weighted by molar-refractivity contribution is 6.01. The molecule has 224 valence electrons. The van der Waals surface area contributed by atoms with Crippen molar-refractivity contribution in [2.75, 3.05) is 13.1 Å². The van der Waals surface area contributed by atoms with E-state index < -0.39 is 28.7 Å². The number of aliphatic hydroxyl groups is 1. The largest absolute Gasteiger partial charge is 0.384 e. The second-order valence-corrected chi connectivity index (χ2v) is 12.7. The molecule has 2 aliphatic rings. The summed E-state index contributed by atoms with van der Waals surface area (Å²) in [5.74, 6) is -1.78. The topological polar surface area (TPSA) is 100 Å². The quantitative estimate of drug-likeness (QED) is 0.267. The lowest BCUT2D eigenvalue weighted by Gasteiger charge is -2.50. The smallest absolute Gasteiger partial charge is 0.234 e. The van der Waals surface area contributed by atoms with E-state index in [9.17, 15) is 14.7 Å². The highest BCUT2D eigenvalue weighted by atomic mass is 19.1. The highest BCUT2D eigenvalue weighted by Crippen LogP contribution is 2.48. The van der Waals surface area contributed by atoms with Gasteiger partial charge in [0.15, 0.2) is 0 Å². The highest BCUT2D eigenvalue weighted by Gasteiger charge is 2.50. The van der Waals surface area contributed by atoms with Crippen molar-refractivity contribution in [3.8, 4) is 5.69 Å². The minimum atomic E-state index is -1.40. The third-order valence-corrected chi connectivity index (χ3v) is 9.51. The van der Waals surface area contributed by atoms with Gasteiger partial charge < -0.3 is 5.11 Å². The number of fused-ring (bicyclic) bond motifs is 2. The molecule has 0 bridgehead atoms. The van der Waals surface area contributed by atoms with Gasteiger partial charge in [0.2, 0.25) is 11.8 Å². The molecule has 2 atom stereocenters. The number of imidazole rings is 1. The number of carbonyl (C=O) groups excluding carboxylic acids is 2. The zero-order chi connectivity index (χ0) is 30.6. The minimum absolute atomic E-state index is 0.230. The number of carbonyl (C=O) groups is 2. The van der Waals surface area contributed by atoms with E-state index in [4.69, 9.17) is 0 Å². The van der Waals surface area contributed by atoms with Crippen molar-refractivity contribution in [1.29, 1.82) is 0 Å². The number of nitrogens with zero attached hydrogens (tertiary/aromatic N) is 4. The number of hydrogen-bond donors (Lipinski definition) is 2. The van der Waals surface area contributed by atoms with Crippen molar-refractivity contribution >= 4 is 33.8 Å². The minimum Gasteiger partial charge on any atom is -0.384 e. The molecule has 7 rings (SSSR count). The average molecular weight is 592 g/mol. The number of para-hydroxylation sites is 2. The molecule has 9 heteroatoms. The van der Waals surface area contributed by atoms with Crippen molar-refractivity contribution in [3.05, 3.63) is 102 Å². The number of aromatic nitrogens is 3. The van der Waals surface area contributed by atoms with Gasteiger partial charge in [-0.05, 0) is 60.4 Å². The number of nitrogens with one attached hydrogen (secondary N) is 1. The molecule has 0 radical (unpaired) electrons. The molecule has 1 unspecified atom stereocenters. The summed E-state index contributed by atoms with van der Waals surface area (Å²) < 4.78 is 18.3. The van der Waals surface area contributed by atoms with E-state index in [2.05, 4.69) is 55.1 Å². The molecule has 3 aromatic carbocycles. The molecule has 0 saturated carbocycles. The van der Waals surface area contributed by atoms with Gasteiger partial charge in [-0.3, -0.25) is 29.4 Å². The van der Waals surface area contributed by atoms with Crippen LogP contribution in [0.3, 0.4) is 0 Å². The Hall–Kier alpha value is -4.47. The van der Waals surface area contributed by atoms with Crippen LogP contribution in [0.25, 0.3) is 27.6 Å². The normalized spacial score (nSPS) is 22.4. The molecule has 8 nitrogen and oxygen atoms in total. The van der Waals surface area contributed by atoms with Crippen molar-refractivity contribution in [1.82, 2.24) is 24.8 Å². The Labute approximate surface area is 254 Å². The van der Waals surface area contributed by atoms with Crippen molar-refractivity contribution in [3.63, 3.8) is 0 Å². The van der Waals surface area contributed by atoms with Gasteiger partial charge in [0.05, 0.1) is 28.1 Å². The first-order valence-electron chi connectivity index (χ1n) is 15.0. The fraction of sp³-hybridized carbons (Fsp3) is 0.314. The van der Waals surface area contributed by atoms with Gasteiger partial charge in [0, 0.05) is 54.3 Å². The number of imide groups is 1. The second kappa shape index (κ2) is 10.6. The Morgan fingerprint density at radius 3 is 2.59 bits per heavy atom. The Morgan fingerprint density at radius 1 is 1.02 bits per heavy atom. The van der Waals surface area contributed by atoms with Crippen LogP contribution < -0.4 is 5.32 Å². The van der Waals surface area contributed by atoms with Gasteiger partial charge in [0.1, 0.15) is 12.1 Å². The SMILES string of the molecule is CC1(C)CN(Cc2ccc(-n3cnc4ccccc43)cc2)CC[C@]1(O)c1ccc2ncc(C3CCC(=O)NC3=O)cc2c1F. The van der Waals surface area contributed by atoms with Gasteiger partial charge in [-0.25, -0.2) is 9.37 Å². The second-order valence-electron chi connectivity index (χ2n) is 12.7. The molecule has 44 heavy (non-hydrogen) atoms. The van der Waals surface area contributed by atoms with Crippen LogP contribution in [0.15, 0.2) is 79.3 Å². The van der Waals surface area contributed by atoms with Gasteiger partial charge in [0.25, 0.3) is 0 Å². The van der Waals surface area contributed by atoms with Gasteiger partial charge >= 0.3 is 0 Å². The van der Waals surface area contributed by atoms with Crippen molar-refractivity contribution < 1.29 is 19.1 Å². The third-order valence-electron chi connectivity index (χ3n) is 9.51. The van der Waals surface area contributed by atoms with Gasteiger partial charge in [-0.15, -0.1) is 0 Å². The van der Waals surface area contributed by atoms with Crippen LogP contribution in [-0.2, 0) is 21.7 Å². The Kier molecular flexibility index (Phi) is 6.82.